The minimum atomic E-state index is -1.27. The summed E-state index contributed by atoms with van der Waals surface area (Å²) in [7, 11) is 0. The van der Waals surface area contributed by atoms with Gasteiger partial charge < -0.3 is 25.0 Å². The zero-order chi connectivity index (χ0) is 20.8. The summed E-state index contributed by atoms with van der Waals surface area (Å²) in [5.74, 6) is 0.608. The van der Waals surface area contributed by atoms with Gasteiger partial charge in [0.2, 0.25) is 11.1 Å². The van der Waals surface area contributed by atoms with Gasteiger partial charge in [-0.05, 0) is 36.6 Å². The number of tetrazole rings is 1. The largest absolute Gasteiger partial charge is 0.387 e. The molecule has 0 aromatic carbocycles. The molecule has 3 N–H and O–H groups in total. The van der Waals surface area contributed by atoms with Gasteiger partial charge in [-0.1, -0.05) is 0 Å². The molecule has 5 atom stereocenters. The SMILES string of the molecule is CCn1nnc([C@H]2O[C@@H](n3cnc4c(NC5CCCO5)nc(Cl)nc43)[C@H](O)[C@@H]2O)n1. The Hall–Kier alpha value is -2.45. The zero-order valence-corrected chi connectivity index (χ0v) is 16.7. The summed E-state index contributed by atoms with van der Waals surface area (Å²) in [5, 5.41) is 36.3. The van der Waals surface area contributed by atoms with Crippen molar-refractivity contribution in [1.82, 2.24) is 39.7 Å². The van der Waals surface area contributed by atoms with Crippen molar-refractivity contribution in [2.75, 3.05) is 11.9 Å². The van der Waals surface area contributed by atoms with Crippen LogP contribution in [0.3, 0.4) is 0 Å². The van der Waals surface area contributed by atoms with Gasteiger partial charge in [0.05, 0.1) is 12.9 Å². The Morgan fingerprint density at radius 2 is 2.17 bits per heavy atom. The van der Waals surface area contributed by atoms with E-state index in [1.54, 1.807) is 0 Å². The number of nitrogens with zero attached hydrogens (tertiary/aromatic N) is 8. The van der Waals surface area contributed by atoms with Crippen molar-refractivity contribution in [3.05, 3.63) is 17.4 Å². The lowest BCUT2D eigenvalue weighted by molar-refractivity contribution is -0.0384. The van der Waals surface area contributed by atoms with E-state index in [2.05, 4.69) is 35.7 Å². The topological polar surface area (TPSA) is 158 Å². The molecule has 160 valence electrons. The van der Waals surface area contributed by atoms with E-state index < -0.39 is 24.5 Å². The van der Waals surface area contributed by atoms with E-state index in [4.69, 9.17) is 21.1 Å². The Morgan fingerprint density at radius 1 is 1.30 bits per heavy atom. The summed E-state index contributed by atoms with van der Waals surface area (Å²) in [5.41, 5.74) is 0.788. The number of fused-ring (bicyclic) bond motifs is 1. The number of aryl methyl sites for hydroxylation is 1. The normalized spacial score (nSPS) is 29.1. The van der Waals surface area contributed by atoms with Gasteiger partial charge in [-0.15, -0.1) is 10.2 Å². The van der Waals surface area contributed by atoms with Crippen molar-refractivity contribution < 1.29 is 19.7 Å². The van der Waals surface area contributed by atoms with E-state index in [1.807, 2.05) is 6.92 Å². The average molecular weight is 438 g/mol. The molecule has 30 heavy (non-hydrogen) atoms. The number of rotatable bonds is 5. The fourth-order valence-electron chi connectivity index (χ4n) is 3.63. The number of hydrogen-bond donors (Lipinski definition) is 3. The second kappa shape index (κ2) is 7.67. The molecule has 14 heteroatoms. The molecular weight excluding hydrogens is 418 g/mol. The molecule has 2 aliphatic heterocycles. The standard InChI is InChI=1S/C16H20ClN9O4/c1-2-26-23-13(22-24-26)11-9(27)10(28)15(30-11)25-6-18-8-12(19-7-4-3-5-29-7)20-16(17)21-14(8)25/h6-7,9-11,15,27-28H,2-5H2,1H3,(H,19,20,21)/t7?,9-,10+,11-,15+/m0/s1. The molecule has 0 spiro atoms. The molecule has 13 nitrogen and oxygen atoms in total. The molecule has 0 radical (unpaired) electrons. The smallest absolute Gasteiger partial charge is 0.226 e. The first kappa shape index (κ1) is 19.5. The molecule has 0 amide bonds. The summed E-state index contributed by atoms with van der Waals surface area (Å²) in [6.45, 7) is 3.05. The molecule has 2 saturated heterocycles. The fourth-order valence-corrected chi connectivity index (χ4v) is 3.79. The molecule has 5 rings (SSSR count). The monoisotopic (exact) mass is 437 g/mol. The van der Waals surface area contributed by atoms with Crippen LogP contribution in [0.25, 0.3) is 11.2 Å². The Balaban J connectivity index is 1.47. The van der Waals surface area contributed by atoms with Gasteiger partial charge in [0.15, 0.2) is 29.3 Å². The molecule has 3 aromatic heterocycles. The molecule has 0 bridgehead atoms. The molecule has 0 aliphatic carbocycles. The summed E-state index contributed by atoms with van der Waals surface area (Å²) < 4.78 is 13.0. The number of aliphatic hydroxyl groups is 2. The van der Waals surface area contributed by atoms with Gasteiger partial charge in [0.25, 0.3) is 0 Å². The number of nitrogens with one attached hydrogen (secondary N) is 1. The van der Waals surface area contributed by atoms with Gasteiger partial charge >= 0.3 is 0 Å². The molecule has 3 aromatic rings. The van der Waals surface area contributed by atoms with Crippen LogP contribution in [0.2, 0.25) is 5.28 Å². The Labute approximate surface area is 175 Å². The van der Waals surface area contributed by atoms with E-state index >= 15 is 0 Å². The summed E-state index contributed by atoms with van der Waals surface area (Å²) in [4.78, 5) is 14.2. The van der Waals surface area contributed by atoms with E-state index in [0.29, 0.717) is 30.1 Å². The lowest BCUT2D eigenvalue weighted by atomic mass is 10.1. The van der Waals surface area contributed by atoms with E-state index in [-0.39, 0.29) is 17.3 Å². The van der Waals surface area contributed by atoms with Gasteiger partial charge in [-0.3, -0.25) is 4.57 Å². The van der Waals surface area contributed by atoms with E-state index in [9.17, 15) is 10.2 Å². The van der Waals surface area contributed by atoms with Crippen LogP contribution in [0.5, 0.6) is 0 Å². The van der Waals surface area contributed by atoms with Crippen molar-refractivity contribution in [2.24, 2.45) is 0 Å². The van der Waals surface area contributed by atoms with Crippen molar-refractivity contribution in [3.8, 4) is 0 Å². The quantitative estimate of drug-likeness (QED) is 0.462. The number of aromatic nitrogens is 8. The van der Waals surface area contributed by atoms with Crippen molar-refractivity contribution >= 4 is 28.6 Å². The predicted octanol–water partition coefficient (Wildman–Crippen LogP) is 0.0264. The number of hydrogen-bond acceptors (Lipinski definition) is 11. The molecule has 1 unspecified atom stereocenters. The number of imidazole rings is 1. The second-order valence-electron chi connectivity index (χ2n) is 7.08. The molecule has 2 aliphatic rings. The van der Waals surface area contributed by atoms with Crippen molar-refractivity contribution in [1.29, 1.82) is 0 Å². The third-order valence-electron chi connectivity index (χ3n) is 5.14. The predicted molar refractivity (Wildman–Crippen MR) is 101 cm³/mol. The average Bonchev–Trinajstić information content (AvgIpc) is 3.51. The third-order valence-corrected chi connectivity index (χ3v) is 5.31. The highest BCUT2D eigenvalue weighted by Gasteiger charge is 2.47. The first-order valence-corrected chi connectivity index (χ1v) is 10.0. The number of anilines is 1. The van der Waals surface area contributed by atoms with Crippen LogP contribution >= 0.6 is 11.6 Å². The van der Waals surface area contributed by atoms with Gasteiger partial charge in [-0.2, -0.15) is 14.8 Å². The first-order valence-electron chi connectivity index (χ1n) is 9.62. The summed E-state index contributed by atoms with van der Waals surface area (Å²) in [6, 6.07) is 0. The first-order chi connectivity index (χ1) is 14.5. The molecule has 2 fully saturated rings. The van der Waals surface area contributed by atoms with Crippen LogP contribution in [0, 0.1) is 0 Å². The van der Waals surface area contributed by atoms with Crippen LogP contribution < -0.4 is 5.32 Å². The lowest BCUT2D eigenvalue weighted by Gasteiger charge is -2.17. The number of halogens is 1. The van der Waals surface area contributed by atoms with Gasteiger partial charge in [0.1, 0.15) is 18.4 Å². The zero-order valence-electron chi connectivity index (χ0n) is 16.0. The van der Waals surface area contributed by atoms with Crippen LogP contribution in [-0.2, 0) is 16.0 Å². The number of aliphatic hydroxyl groups excluding tert-OH is 2. The minimum Gasteiger partial charge on any atom is -0.387 e. The van der Waals surface area contributed by atoms with Crippen LogP contribution in [0.15, 0.2) is 6.33 Å². The van der Waals surface area contributed by atoms with Crippen LogP contribution in [0.4, 0.5) is 5.82 Å². The van der Waals surface area contributed by atoms with Gasteiger partial charge in [-0.25, -0.2) is 4.98 Å². The summed E-state index contributed by atoms with van der Waals surface area (Å²) in [6.07, 6.45) is -1.41. The van der Waals surface area contributed by atoms with Crippen LogP contribution in [-0.4, -0.2) is 75.0 Å². The second-order valence-corrected chi connectivity index (χ2v) is 7.41. The molecular formula is C16H20ClN9O4. The highest BCUT2D eigenvalue weighted by Crippen LogP contribution is 2.39. The fraction of sp³-hybridized carbons (Fsp3) is 0.625. The maximum absolute atomic E-state index is 10.6. The van der Waals surface area contributed by atoms with Crippen molar-refractivity contribution in [3.63, 3.8) is 0 Å². The summed E-state index contributed by atoms with van der Waals surface area (Å²) >= 11 is 6.13. The molecule has 0 saturated carbocycles. The van der Waals surface area contributed by atoms with Gasteiger partial charge in [0, 0.05) is 6.61 Å². The highest BCUT2D eigenvalue weighted by molar-refractivity contribution is 6.28. The Kier molecular flexibility index (Phi) is 4.99. The Bertz CT molecular complexity index is 1050. The highest BCUT2D eigenvalue weighted by atomic mass is 35.5. The molecule has 5 heterocycles. The maximum atomic E-state index is 10.6. The van der Waals surface area contributed by atoms with Crippen molar-refractivity contribution in [2.45, 2.75) is 57.1 Å². The maximum Gasteiger partial charge on any atom is 0.226 e. The third kappa shape index (κ3) is 3.28. The number of ether oxygens (including phenoxy) is 2. The lowest BCUT2D eigenvalue weighted by Crippen LogP contribution is -2.29. The Morgan fingerprint density at radius 3 is 2.90 bits per heavy atom. The minimum absolute atomic E-state index is 0.00175. The van der Waals surface area contributed by atoms with E-state index in [1.165, 1.54) is 15.7 Å². The van der Waals surface area contributed by atoms with E-state index in [0.717, 1.165) is 12.8 Å². The van der Waals surface area contributed by atoms with Crippen LogP contribution in [0.1, 0.15) is 37.9 Å².